The quantitative estimate of drug-likeness (QED) is 0.491. The van der Waals surface area contributed by atoms with Gasteiger partial charge in [0.1, 0.15) is 6.17 Å². The van der Waals surface area contributed by atoms with Crippen molar-refractivity contribution in [1.82, 2.24) is 10.9 Å². The zero-order chi connectivity index (χ0) is 25.1. The SMILES string of the molecule is COc1cc(NC(=O)CSC2=NC3NNCC3C(=O)N2c2ccc(Cl)cc2Cl)cc(OC)c1OC. The Morgan fingerprint density at radius 3 is 2.51 bits per heavy atom. The van der Waals surface area contributed by atoms with E-state index in [1.54, 1.807) is 30.3 Å². The summed E-state index contributed by atoms with van der Waals surface area (Å²) in [6.07, 6.45) is -0.439. The smallest absolute Gasteiger partial charge is 0.241 e. The molecular formula is C22H23Cl2N5O5S. The molecule has 2 aromatic rings. The first-order valence-corrected chi connectivity index (χ1v) is 12.2. The van der Waals surface area contributed by atoms with Gasteiger partial charge in [-0.1, -0.05) is 35.0 Å². The molecule has 2 aromatic carbocycles. The second kappa shape index (κ2) is 10.9. The highest BCUT2D eigenvalue weighted by Gasteiger charge is 2.42. The van der Waals surface area contributed by atoms with Gasteiger partial charge in [0, 0.05) is 29.4 Å². The number of amidine groups is 1. The number of nitrogens with zero attached hydrogens (tertiary/aromatic N) is 2. The number of ether oxygens (including phenoxy) is 3. The van der Waals surface area contributed by atoms with E-state index < -0.39 is 12.1 Å². The normalized spacial score (nSPS) is 19.2. The lowest BCUT2D eigenvalue weighted by Gasteiger charge is -2.32. The van der Waals surface area contributed by atoms with Gasteiger partial charge in [-0.15, -0.1) is 0 Å². The molecule has 13 heteroatoms. The van der Waals surface area contributed by atoms with Gasteiger partial charge in [0.2, 0.25) is 17.6 Å². The van der Waals surface area contributed by atoms with Gasteiger partial charge in [-0.05, 0) is 18.2 Å². The van der Waals surface area contributed by atoms with Gasteiger partial charge in [0.25, 0.3) is 0 Å². The van der Waals surface area contributed by atoms with Crippen molar-refractivity contribution in [2.24, 2.45) is 10.9 Å². The fraction of sp³-hybridized carbons (Fsp3) is 0.318. The number of rotatable bonds is 7. The van der Waals surface area contributed by atoms with E-state index in [0.717, 1.165) is 11.8 Å². The number of methoxy groups -OCH3 is 3. The van der Waals surface area contributed by atoms with Crippen LogP contribution >= 0.6 is 35.0 Å². The lowest BCUT2D eigenvalue weighted by Crippen LogP contribution is -2.49. The lowest BCUT2D eigenvalue weighted by atomic mass is 10.0. The second-order valence-electron chi connectivity index (χ2n) is 7.51. The van der Waals surface area contributed by atoms with Gasteiger partial charge < -0.3 is 19.5 Å². The van der Waals surface area contributed by atoms with E-state index in [2.05, 4.69) is 21.2 Å². The summed E-state index contributed by atoms with van der Waals surface area (Å²) >= 11 is 13.6. The number of halogens is 2. The summed E-state index contributed by atoms with van der Waals surface area (Å²) in [6, 6.07) is 8.12. The van der Waals surface area contributed by atoms with Crippen LogP contribution in [0.2, 0.25) is 10.0 Å². The maximum atomic E-state index is 13.3. The largest absolute Gasteiger partial charge is 0.493 e. The van der Waals surface area contributed by atoms with E-state index in [9.17, 15) is 9.59 Å². The van der Waals surface area contributed by atoms with E-state index in [0.29, 0.717) is 50.4 Å². The number of thioether (sulfide) groups is 1. The lowest BCUT2D eigenvalue weighted by molar-refractivity contribution is -0.121. The predicted octanol–water partition coefficient (Wildman–Crippen LogP) is 3.14. The maximum Gasteiger partial charge on any atom is 0.241 e. The molecule has 10 nitrogen and oxygen atoms in total. The molecule has 2 amide bonds. The van der Waals surface area contributed by atoms with Crippen molar-refractivity contribution in [2.45, 2.75) is 6.17 Å². The number of carbonyl (C=O) groups is 2. The van der Waals surface area contributed by atoms with Crippen LogP contribution in [0.5, 0.6) is 17.2 Å². The van der Waals surface area contributed by atoms with Crippen molar-refractivity contribution in [2.75, 3.05) is 43.8 Å². The molecule has 0 aromatic heterocycles. The minimum absolute atomic E-state index is 0.0186. The molecule has 0 spiro atoms. The fourth-order valence-corrected chi connectivity index (χ4v) is 5.06. The molecule has 3 N–H and O–H groups in total. The molecule has 2 atom stereocenters. The Bertz CT molecular complexity index is 1160. The number of amides is 2. The molecule has 1 saturated heterocycles. The third kappa shape index (κ3) is 5.29. The van der Waals surface area contributed by atoms with Gasteiger partial charge in [-0.3, -0.25) is 19.9 Å². The van der Waals surface area contributed by atoms with E-state index in [-0.39, 0.29) is 17.6 Å². The maximum absolute atomic E-state index is 13.3. The third-order valence-corrected chi connectivity index (χ3v) is 6.85. The minimum atomic E-state index is -0.439. The first kappa shape index (κ1) is 25.4. The number of nitrogens with one attached hydrogen (secondary N) is 3. The highest BCUT2D eigenvalue weighted by Crippen LogP contribution is 2.40. The molecule has 1 fully saturated rings. The van der Waals surface area contributed by atoms with Crippen LogP contribution in [0.3, 0.4) is 0 Å². The number of anilines is 2. The average Bonchev–Trinajstić information content (AvgIpc) is 3.32. The van der Waals surface area contributed by atoms with Gasteiger partial charge >= 0.3 is 0 Å². The first-order chi connectivity index (χ1) is 16.9. The van der Waals surface area contributed by atoms with E-state index >= 15 is 0 Å². The molecule has 0 radical (unpaired) electrons. The van der Waals surface area contributed by atoms with Crippen LogP contribution < -0.4 is 35.3 Å². The number of hydrazine groups is 1. The predicted molar refractivity (Wildman–Crippen MR) is 137 cm³/mol. The van der Waals surface area contributed by atoms with Crippen LogP contribution in [-0.2, 0) is 9.59 Å². The monoisotopic (exact) mass is 539 g/mol. The van der Waals surface area contributed by atoms with Crippen molar-refractivity contribution in [3.63, 3.8) is 0 Å². The van der Waals surface area contributed by atoms with E-state index in [1.807, 2.05) is 0 Å². The molecule has 2 aliphatic heterocycles. The number of hydrogen-bond acceptors (Lipinski definition) is 9. The molecule has 0 bridgehead atoms. The van der Waals surface area contributed by atoms with Crippen molar-refractivity contribution in [3.05, 3.63) is 40.4 Å². The molecule has 0 aliphatic carbocycles. The summed E-state index contributed by atoms with van der Waals surface area (Å²) in [5.74, 6) is 0.313. The molecule has 4 rings (SSSR count). The Hall–Kier alpha value is -2.70. The van der Waals surface area contributed by atoms with E-state index in [4.69, 9.17) is 37.4 Å². The van der Waals surface area contributed by atoms with Gasteiger partial charge in [0.05, 0.1) is 43.7 Å². The number of carbonyl (C=O) groups excluding carboxylic acids is 2. The van der Waals surface area contributed by atoms with Crippen LogP contribution in [-0.4, -0.2) is 56.8 Å². The summed E-state index contributed by atoms with van der Waals surface area (Å²) in [4.78, 5) is 32.2. The number of aliphatic imine (C=N–C) groups is 1. The van der Waals surface area contributed by atoms with Crippen LogP contribution in [0.4, 0.5) is 11.4 Å². The second-order valence-corrected chi connectivity index (χ2v) is 9.29. The van der Waals surface area contributed by atoms with Crippen LogP contribution in [0.1, 0.15) is 0 Å². The molecular weight excluding hydrogens is 517 g/mol. The number of fused-ring (bicyclic) bond motifs is 1. The first-order valence-electron chi connectivity index (χ1n) is 10.4. The number of hydrogen-bond donors (Lipinski definition) is 3. The summed E-state index contributed by atoms with van der Waals surface area (Å²) in [5.41, 5.74) is 6.85. The standard InChI is InChI=1S/C22H23Cl2N5O5S/c1-32-16-7-12(8-17(33-2)19(16)34-3)26-18(30)10-35-22-27-20-13(9-25-28-20)21(31)29(22)15-5-4-11(23)6-14(15)24/h4-8,13,20,25,28H,9-10H2,1-3H3,(H,26,30). The molecule has 2 heterocycles. The van der Waals surface area contributed by atoms with Crippen LogP contribution in [0.15, 0.2) is 35.3 Å². The third-order valence-electron chi connectivity index (χ3n) is 5.36. The van der Waals surface area contributed by atoms with Crippen molar-refractivity contribution >= 4 is 63.3 Å². The highest BCUT2D eigenvalue weighted by atomic mass is 35.5. The van der Waals surface area contributed by atoms with Gasteiger partial charge in [0.15, 0.2) is 16.7 Å². The average molecular weight is 540 g/mol. The summed E-state index contributed by atoms with van der Waals surface area (Å²) in [5, 5.41) is 3.90. The molecule has 0 saturated carbocycles. The minimum Gasteiger partial charge on any atom is -0.493 e. The Morgan fingerprint density at radius 1 is 1.17 bits per heavy atom. The van der Waals surface area contributed by atoms with Crippen molar-refractivity contribution < 1.29 is 23.8 Å². The van der Waals surface area contributed by atoms with Crippen LogP contribution in [0.25, 0.3) is 0 Å². The Morgan fingerprint density at radius 2 is 1.89 bits per heavy atom. The zero-order valence-electron chi connectivity index (χ0n) is 19.1. The Balaban J connectivity index is 1.54. The summed E-state index contributed by atoms with van der Waals surface area (Å²) < 4.78 is 16.0. The fourth-order valence-electron chi connectivity index (χ4n) is 3.73. The highest BCUT2D eigenvalue weighted by molar-refractivity contribution is 8.14. The van der Waals surface area contributed by atoms with Crippen molar-refractivity contribution in [3.8, 4) is 17.2 Å². The Labute approximate surface area is 216 Å². The van der Waals surface area contributed by atoms with Gasteiger partial charge in [-0.25, -0.2) is 10.4 Å². The van der Waals surface area contributed by atoms with Crippen molar-refractivity contribution in [1.29, 1.82) is 0 Å². The topological polar surface area (TPSA) is 114 Å². The molecule has 35 heavy (non-hydrogen) atoms. The molecule has 2 aliphatic rings. The summed E-state index contributed by atoms with van der Waals surface area (Å²) in [7, 11) is 4.48. The van der Waals surface area contributed by atoms with Crippen LogP contribution in [0, 0.1) is 5.92 Å². The van der Waals surface area contributed by atoms with Gasteiger partial charge in [-0.2, -0.15) is 0 Å². The number of benzene rings is 2. The summed E-state index contributed by atoms with van der Waals surface area (Å²) in [6.45, 7) is 0.425. The molecule has 2 unspecified atom stereocenters. The zero-order valence-corrected chi connectivity index (χ0v) is 21.4. The molecule has 186 valence electrons. The Kier molecular flexibility index (Phi) is 7.92. The van der Waals surface area contributed by atoms with E-state index in [1.165, 1.54) is 26.2 Å².